The van der Waals surface area contributed by atoms with Crippen LogP contribution < -0.4 is 5.32 Å². The number of thiophene rings is 1. The SMILES string of the molecule is C[C@@H]1COCCN1C(=O)[C@H]1CCc2c(sc3ncnc(Nc4cc5s[nH]c5cc4Cl)c23)C1. The van der Waals surface area contributed by atoms with Gasteiger partial charge in [-0.25, -0.2) is 9.97 Å². The van der Waals surface area contributed by atoms with Gasteiger partial charge in [-0.05, 0) is 43.9 Å². The molecular weight excluding hydrogens is 466 g/mol. The number of aryl methyl sites for hydroxylation is 1. The van der Waals surface area contributed by atoms with Gasteiger partial charge in [0, 0.05) is 17.3 Å². The number of morpholine rings is 1. The second-order valence-electron chi connectivity index (χ2n) is 8.46. The summed E-state index contributed by atoms with van der Waals surface area (Å²) in [6.07, 6.45) is 4.05. The molecule has 2 atom stereocenters. The number of H-pyrrole nitrogens is 1. The standard InChI is InChI=1S/C22H22ClN5O2S2/c1-11-9-30-5-4-28(11)22(29)12-2-3-13-17(6-12)31-21-19(13)20(24-10-25-21)26-15-8-18-16(27-32-18)7-14(15)23/h7-8,10-12,27H,2-6,9H2,1H3,(H,24,25,26)/t11-,12+/m1/s1. The Morgan fingerprint density at radius 2 is 2.28 bits per heavy atom. The van der Waals surface area contributed by atoms with Crippen molar-refractivity contribution < 1.29 is 9.53 Å². The van der Waals surface area contributed by atoms with Gasteiger partial charge < -0.3 is 19.3 Å². The quantitative estimate of drug-likeness (QED) is 0.425. The van der Waals surface area contributed by atoms with E-state index in [9.17, 15) is 4.79 Å². The van der Waals surface area contributed by atoms with Gasteiger partial charge >= 0.3 is 0 Å². The number of hydrogen-bond donors (Lipinski definition) is 2. The highest BCUT2D eigenvalue weighted by molar-refractivity contribution is 7.19. The van der Waals surface area contributed by atoms with Crippen molar-refractivity contribution in [2.24, 2.45) is 5.92 Å². The maximum atomic E-state index is 13.2. The van der Waals surface area contributed by atoms with Crippen LogP contribution in [0.15, 0.2) is 18.5 Å². The minimum atomic E-state index is 0.0208. The molecule has 4 heterocycles. The van der Waals surface area contributed by atoms with Crippen molar-refractivity contribution in [1.82, 2.24) is 19.2 Å². The van der Waals surface area contributed by atoms with E-state index < -0.39 is 0 Å². The monoisotopic (exact) mass is 487 g/mol. The van der Waals surface area contributed by atoms with Crippen LogP contribution in [0.3, 0.4) is 0 Å². The van der Waals surface area contributed by atoms with E-state index >= 15 is 0 Å². The molecule has 1 aliphatic heterocycles. The van der Waals surface area contributed by atoms with E-state index in [1.54, 1.807) is 29.2 Å². The zero-order valence-electron chi connectivity index (χ0n) is 17.5. The molecule has 0 saturated carbocycles. The van der Waals surface area contributed by atoms with E-state index in [0.29, 0.717) is 24.8 Å². The molecule has 7 nitrogen and oxygen atoms in total. The number of aromatic amines is 1. The highest BCUT2D eigenvalue weighted by Crippen LogP contribution is 2.42. The zero-order valence-corrected chi connectivity index (χ0v) is 19.9. The highest BCUT2D eigenvalue weighted by Gasteiger charge is 2.34. The topological polar surface area (TPSA) is 83.1 Å². The molecule has 0 bridgehead atoms. The molecule has 0 spiro atoms. The third-order valence-corrected chi connectivity index (χ3v) is 8.79. The van der Waals surface area contributed by atoms with Crippen molar-refractivity contribution in [3.63, 3.8) is 0 Å². The van der Waals surface area contributed by atoms with Gasteiger partial charge in [0.15, 0.2) is 0 Å². The van der Waals surface area contributed by atoms with Crippen molar-refractivity contribution in [3.05, 3.63) is 33.9 Å². The normalized spacial score (nSPS) is 21.2. The fourth-order valence-electron chi connectivity index (χ4n) is 4.71. The third kappa shape index (κ3) is 3.39. The molecule has 2 aliphatic rings. The number of ether oxygens (including phenoxy) is 1. The lowest BCUT2D eigenvalue weighted by Crippen LogP contribution is -2.50. The van der Waals surface area contributed by atoms with Gasteiger partial charge in [0.05, 0.1) is 45.6 Å². The molecule has 0 radical (unpaired) electrons. The summed E-state index contributed by atoms with van der Waals surface area (Å²) in [7, 11) is 0. The molecule has 2 N–H and O–H groups in total. The number of aromatic nitrogens is 3. The number of hydrogen-bond acceptors (Lipinski definition) is 7. The molecule has 1 fully saturated rings. The number of nitrogens with one attached hydrogen (secondary N) is 2. The minimum absolute atomic E-state index is 0.0208. The summed E-state index contributed by atoms with van der Waals surface area (Å²) >= 11 is 9.75. The van der Waals surface area contributed by atoms with E-state index in [-0.39, 0.29) is 17.9 Å². The average Bonchev–Trinajstić information content (AvgIpc) is 3.16. The Kier molecular flexibility index (Phi) is 5.09. The number of fused-ring (bicyclic) bond motifs is 4. The van der Waals surface area contributed by atoms with E-state index in [0.717, 1.165) is 51.2 Å². The molecule has 32 heavy (non-hydrogen) atoms. The first-order chi connectivity index (χ1) is 15.6. The predicted molar refractivity (Wildman–Crippen MR) is 129 cm³/mol. The maximum absolute atomic E-state index is 13.2. The van der Waals surface area contributed by atoms with Gasteiger partial charge in [0.25, 0.3) is 0 Å². The first kappa shape index (κ1) is 20.4. The summed E-state index contributed by atoms with van der Waals surface area (Å²) in [5.41, 5.74) is 3.16. The summed E-state index contributed by atoms with van der Waals surface area (Å²) in [5, 5.41) is 5.15. The predicted octanol–water partition coefficient (Wildman–Crippen LogP) is 4.98. The number of amides is 1. The second kappa shape index (κ2) is 7.98. The van der Waals surface area contributed by atoms with E-state index in [2.05, 4.69) is 26.6 Å². The number of benzene rings is 1. The summed E-state index contributed by atoms with van der Waals surface area (Å²) in [5.74, 6) is 1.05. The van der Waals surface area contributed by atoms with Gasteiger partial charge in [-0.3, -0.25) is 4.79 Å². The van der Waals surface area contributed by atoms with Crippen molar-refractivity contribution >= 4 is 72.3 Å². The van der Waals surface area contributed by atoms with Crippen LogP contribution in [0.25, 0.3) is 20.4 Å². The zero-order chi connectivity index (χ0) is 21.8. The Balaban J connectivity index is 1.30. The molecule has 10 heteroatoms. The molecule has 1 aromatic carbocycles. The van der Waals surface area contributed by atoms with Gasteiger partial charge in [-0.15, -0.1) is 11.3 Å². The lowest BCUT2D eigenvalue weighted by atomic mass is 9.86. The first-order valence-electron chi connectivity index (χ1n) is 10.8. The summed E-state index contributed by atoms with van der Waals surface area (Å²) in [6.45, 7) is 4.00. The molecule has 1 amide bonds. The summed E-state index contributed by atoms with van der Waals surface area (Å²) < 4.78 is 9.84. The Hall–Kier alpha value is -2.20. The van der Waals surface area contributed by atoms with Gasteiger partial charge in [0.1, 0.15) is 17.0 Å². The second-order valence-corrected chi connectivity index (χ2v) is 10.8. The van der Waals surface area contributed by atoms with Gasteiger partial charge in [0.2, 0.25) is 5.91 Å². The lowest BCUT2D eigenvalue weighted by Gasteiger charge is -2.36. The van der Waals surface area contributed by atoms with E-state index in [1.807, 2.05) is 17.0 Å². The molecule has 1 aliphatic carbocycles. The molecule has 0 unspecified atom stereocenters. The van der Waals surface area contributed by atoms with Gasteiger partial charge in [-0.2, -0.15) is 0 Å². The van der Waals surface area contributed by atoms with Crippen molar-refractivity contribution in [1.29, 1.82) is 0 Å². The largest absolute Gasteiger partial charge is 0.377 e. The number of halogens is 1. The average molecular weight is 488 g/mol. The Labute approximate surface area is 197 Å². The molecule has 166 valence electrons. The molecule has 3 aromatic heterocycles. The number of anilines is 2. The van der Waals surface area contributed by atoms with E-state index in [1.165, 1.54) is 10.4 Å². The van der Waals surface area contributed by atoms with Crippen LogP contribution >= 0.6 is 34.5 Å². The van der Waals surface area contributed by atoms with Crippen LogP contribution in [0.2, 0.25) is 5.02 Å². The van der Waals surface area contributed by atoms with Crippen molar-refractivity contribution in [2.45, 2.75) is 32.2 Å². The van der Waals surface area contributed by atoms with Crippen molar-refractivity contribution in [2.75, 3.05) is 25.1 Å². The number of rotatable bonds is 3. The Morgan fingerprint density at radius 3 is 3.09 bits per heavy atom. The Bertz CT molecular complexity index is 1330. The van der Waals surface area contributed by atoms with Gasteiger partial charge in [-0.1, -0.05) is 23.1 Å². The van der Waals surface area contributed by atoms with Crippen LogP contribution in [0.4, 0.5) is 11.5 Å². The smallest absolute Gasteiger partial charge is 0.226 e. The lowest BCUT2D eigenvalue weighted by molar-refractivity contribution is -0.143. The molecular formula is C22H22ClN5O2S2. The number of nitrogens with zero attached hydrogens (tertiary/aromatic N) is 3. The van der Waals surface area contributed by atoms with Crippen LogP contribution in [0.1, 0.15) is 23.8 Å². The van der Waals surface area contributed by atoms with Crippen molar-refractivity contribution in [3.8, 4) is 0 Å². The maximum Gasteiger partial charge on any atom is 0.226 e. The summed E-state index contributed by atoms with van der Waals surface area (Å²) in [4.78, 5) is 26.5. The fourth-order valence-corrected chi connectivity index (χ4v) is 6.82. The van der Waals surface area contributed by atoms with Crippen LogP contribution in [0, 0.1) is 5.92 Å². The first-order valence-corrected chi connectivity index (χ1v) is 12.8. The third-order valence-electron chi connectivity index (χ3n) is 6.44. The molecule has 1 saturated heterocycles. The highest BCUT2D eigenvalue weighted by atomic mass is 35.5. The van der Waals surface area contributed by atoms with Crippen LogP contribution in [-0.4, -0.2) is 50.9 Å². The number of carbonyl (C=O) groups is 1. The number of carbonyl (C=O) groups excluding carboxylic acids is 1. The van der Waals surface area contributed by atoms with E-state index in [4.69, 9.17) is 16.3 Å². The van der Waals surface area contributed by atoms with Crippen LogP contribution in [-0.2, 0) is 22.4 Å². The molecule has 4 aromatic rings. The van der Waals surface area contributed by atoms with Crippen LogP contribution in [0.5, 0.6) is 0 Å². The fraction of sp³-hybridized carbons (Fsp3) is 0.409. The minimum Gasteiger partial charge on any atom is -0.377 e. The molecule has 6 rings (SSSR count). The Morgan fingerprint density at radius 1 is 1.38 bits per heavy atom. The summed E-state index contributed by atoms with van der Waals surface area (Å²) in [6, 6.07) is 4.12.